The van der Waals surface area contributed by atoms with Crippen LogP contribution in [0.1, 0.15) is 36.8 Å². The minimum atomic E-state index is -0.320. The predicted molar refractivity (Wildman–Crippen MR) is 58.8 cm³/mol. The van der Waals surface area contributed by atoms with Crippen molar-refractivity contribution in [3.8, 4) is 0 Å². The maximum absolute atomic E-state index is 9.26. The molecule has 76 valence electrons. The molecule has 0 bridgehead atoms. The van der Waals surface area contributed by atoms with E-state index in [0.717, 1.165) is 16.5 Å². The van der Waals surface area contributed by atoms with Gasteiger partial charge in [-0.2, -0.15) is 0 Å². The van der Waals surface area contributed by atoms with Crippen LogP contribution in [0, 0.1) is 0 Å². The zero-order valence-corrected chi connectivity index (χ0v) is 9.09. The van der Waals surface area contributed by atoms with Crippen LogP contribution < -0.4 is 0 Å². The van der Waals surface area contributed by atoms with Crippen molar-refractivity contribution < 1.29 is 5.11 Å². The highest BCUT2D eigenvalue weighted by Gasteiger charge is 2.23. The van der Waals surface area contributed by atoms with E-state index in [-0.39, 0.29) is 6.10 Å². The van der Waals surface area contributed by atoms with E-state index in [1.807, 2.05) is 6.07 Å². The molecule has 0 heterocycles. The highest BCUT2D eigenvalue weighted by Crippen LogP contribution is 2.41. The Kier molecular flexibility index (Phi) is 2.80. The summed E-state index contributed by atoms with van der Waals surface area (Å²) in [6, 6.07) is 6.24. The summed E-state index contributed by atoms with van der Waals surface area (Å²) in [7, 11) is 0. The molecule has 1 nitrogen and oxygen atoms in total. The molecular formula is C12H15ClO. The lowest BCUT2D eigenvalue weighted by Gasteiger charge is -2.08. The normalized spacial score (nSPS) is 18.2. The van der Waals surface area contributed by atoms with Gasteiger partial charge in [-0.1, -0.05) is 23.7 Å². The first-order chi connectivity index (χ1) is 6.66. The van der Waals surface area contributed by atoms with E-state index in [9.17, 15) is 5.11 Å². The van der Waals surface area contributed by atoms with Crippen molar-refractivity contribution in [3.05, 3.63) is 34.3 Å². The Morgan fingerprint density at radius 1 is 1.50 bits per heavy atom. The van der Waals surface area contributed by atoms with Crippen LogP contribution >= 0.6 is 11.6 Å². The highest BCUT2D eigenvalue weighted by atomic mass is 35.5. The molecule has 0 spiro atoms. The molecule has 1 fully saturated rings. The second-order valence-electron chi connectivity index (χ2n) is 4.18. The van der Waals surface area contributed by atoms with Crippen molar-refractivity contribution in [1.82, 2.24) is 0 Å². The fourth-order valence-corrected chi connectivity index (χ4v) is 1.98. The maximum atomic E-state index is 9.26. The lowest BCUT2D eigenvalue weighted by atomic mass is 10.0. The molecule has 0 radical (unpaired) electrons. The van der Waals surface area contributed by atoms with Crippen LogP contribution in [0.5, 0.6) is 0 Å². The largest absolute Gasteiger partial charge is 0.393 e. The lowest BCUT2D eigenvalue weighted by Crippen LogP contribution is -2.04. The van der Waals surface area contributed by atoms with Crippen LogP contribution in [0.4, 0.5) is 0 Å². The number of aliphatic hydroxyl groups is 1. The van der Waals surface area contributed by atoms with E-state index in [1.165, 1.54) is 18.4 Å². The van der Waals surface area contributed by atoms with Crippen LogP contribution in [0.3, 0.4) is 0 Å². The first kappa shape index (κ1) is 10.0. The Morgan fingerprint density at radius 3 is 2.71 bits per heavy atom. The van der Waals surface area contributed by atoms with Crippen molar-refractivity contribution in [1.29, 1.82) is 0 Å². The highest BCUT2D eigenvalue weighted by molar-refractivity contribution is 6.31. The first-order valence-corrected chi connectivity index (χ1v) is 5.51. The summed E-state index contributed by atoms with van der Waals surface area (Å²) < 4.78 is 0. The zero-order chi connectivity index (χ0) is 10.1. The molecule has 0 saturated heterocycles. The van der Waals surface area contributed by atoms with Gasteiger partial charge in [-0.25, -0.2) is 0 Å². The molecule has 14 heavy (non-hydrogen) atoms. The van der Waals surface area contributed by atoms with E-state index in [1.54, 1.807) is 6.92 Å². The molecule has 1 unspecified atom stereocenters. The monoisotopic (exact) mass is 210 g/mol. The molecule has 1 saturated carbocycles. The molecule has 0 aliphatic heterocycles. The molecule has 1 aromatic carbocycles. The van der Waals surface area contributed by atoms with Crippen LogP contribution in [-0.4, -0.2) is 11.2 Å². The van der Waals surface area contributed by atoms with Gasteiger partial charge in [-0.3, -0.25) is 0 Å². The standard InChI is InChI=1S/C12H15ClO/c1-8(14)6-11-5-4-10(7-12(11)13)9-2-3-9/h4-5,7-9,14H,2-3,6H2,1H3. The van der Waals surface area contributed by atoms with E-state index in [4.69, 9.17) is 11.6 Å². The van der Waals surface area contributed by atoms with Gasteiger partial charge in [0.1, 0.15) is 0 Å². The van der Waals surface area contributed by atoms with Gasteiger partial charge < -0.3 is 5.11 Å². The predicted octanol–water partition coefficient (Wildman–Crippen LogP) is 3.14. The summed E-state index contributed by atoms with van der Waals surface area (Å²) >= 11 is 6.13. The number of hydrogen-bond acceptors (Lipinski definition) is 1. The molecular weight excluding hydrogens is 196 g/mol. The molecule has 1 aliphatic carbocycles. The van der Waals surface area contributed by atoms with Crippen molar-refractivity contribution in [2.45, 2.75) is 38.2 Å². The van der Waals surface area contributed by atoms with E-state index in [0.29, 0.717) is 6.42 Å². The van der Waals surface area contributed by atoms with Gasteiger partial charge in [-0.15, -0.1) is 0 Å². The van der Waals surface area contributed by atoms with Gasteiger partial charge in [0.25, 0.3) is 0 Å². The number of benzene rings is 1. The molecule has 1 N–H and O–H groups in total. The molecule has 1 atom stereocenters. The SMILES string of the molecule is CC(O)Cc1ccc(C2CC2)cc1Cl. The quantitative estimate of drug-likeness (QED) is 0.813. The van der Waals surface area contributed by atoms with Gasteiger partial charge in [0.2, 0.25) is 0 Å². The van der Waals surface area contributed by atoms with Gasteiger partial charge in [0.15, 0.2) is 0 Å². The zero-order valence-electron chi connectivity index (χ0n) is 8.33. The number of halogens is 1. The van der Waals surface area contributed by atoms with Gasteiger partial charge in [-0.05, 0) is 49.3 Å². The van der Waals surface area contributed by atoms with Gasteiger partial charge in [0.05, 0.1) is 6.10 Å². The van der Waals surface area contributed by atoms with Crippen LogP contribution in [0.25, 0.3) is 0 Å². The summed E-state index contributed by atoms with van der Waals surface area (Å²) in [5, 5.41) is 10.1. The molecule has 2 rings (SSSR count). The lowest BCUT2D eigenvalue weighted by molar-refractivity contribution is 0.195. The number of aliphatic hydroxyl groups excluding tert-OH is 1. The third-order valence-electron chi connectivity index (χ3n) is 2.64. The third-order valence-corrected chi connectivity index (χ3v) is 2.99. The van der Waals surface area contributed by atoms with Crippen molar-refractivity contribution in [2.24, 2.45) is 0 Å². The topological polar surface area (TPSA) is 20.2 Å². The average molecular weight is 211 g/mol. The molecule has 1 aromatic rings. The van der Waals surface area contributed by atoms with E-state index < -0.39 is 0 Å². The minimum absolute atomic E-state index is 0.320. The van der Waals surface area contributed by atoms with Crippen LogP contribution in [0.15, 0.2) is 18.2 Å². The van der Waals surface area contributed by atoms with Gasteiger partial charge in [0, 0.05) is 5.02 Å². The van der Waals surface area contributed by atoms with E-state index >= 15 is 0 Å². The molecule has 2 heteroatoms. The van der Waals surface area contributed by atoms with Gasteiger partial charge >= 0.3 is 0 Å². The van der Waals surface area contributed by atoms with Crippen molar-refractivity contribution in [3.63, 3.8) is 0 Å². The second-order valence-corrected chi connectivity index (χ2v) is 4.59. The summed E-state index contributed by atoms with van der Waals surface area (Å²) in [6.45, 7) is 1.78. The minimum Gasteiger partial charge on any atom is -0.393 e. The number of hydrogen-bond donors (Lipinski definition) is 1. The summed E-state index contributed by atoms with van der Waals surface area (Å²) in [5.41, 5.74) is 2.40. The van der Waals surface area contributed by atoms with Crippen molar-refractivity contribution in [2.75, 3.05) is 0 Å². The molecule has 0 aromatic heterocycles. The fraction of sp³-hybridized carbons (Fsp3) is 0.500. The average Bonchev–Trinajstić information content (AvgIpc) is 2.90. The van der Waals surface area contributed by atoms with Crippen LogP contribution in [0.2, 0.25) is 5.02 Å². The fourth-order valence-electron chi connectivity index (χ4n) is 1.72. The Balaban J connectivity index is 2.17. The van der Waals surface area contributed by atoms with E-state index in [2.05, 4.69) is 12.1 Å². The summed E-state index contributed by atoms with van der Waals surface area (Å²) in [5.74, 6) is 0.744. The summed E-state index contributed by atoms with van der Waals surface area (Å²) in [6.07, 6.45) is 2.92. The van der Waals surface area contributed by atoms with Crippen LogP contribution in [-0.2, 0) is 6.42 Å². The Bertz CT molecular complexity index is 329. The maximum Gasteiger partial charge on any atom is 0.0552 e. The Morgan fingerprint density at radius 2 is 2.21 bits per heavy atom. The second kappa shape index (κ2) is 3.92. The Hall–Kier alpha value is -0.530. The molecule has 0 amide bonds. The Labute approximate surface area is 89.7 Å². The smallest absolute Gasteiger partial charge is 0.0552 e. The number of rotatable bonds is 3. The summed E-state index contributed by atoms with van der Waals surface area (Å²) in [4.78, 5) is 0. The first-order valence-electron chi connectivity index (χ1n) is 5.13. The third kappa shape index (κ3) is 2.28. The molecule has 1 aliphatic rings. The van der Waals surface area contributed by atoms with Crippen molar-refractivity contribution >= 4 is 11.6 Å².